The minimum absolute atomic E-state index is 0.0411. The summed E-state index contributed by atoms with van der Waals surface area (Å²) in [6.45, 7) is 1.47. The lowest BCUT2D eigenvalue weighted by Crippen LogP contribution is -2.22. The molecule has 0 amide bonds. The van der Waals surface area contributed by atoms with Crippen LogP contribution in [0, 0.1) is 0 Å². The van der Waals surface area contributed by atoms with Gasteiger partial charge in [-0.3, -0.25) is 4.79 Å². The Morgan fingerprint density at radius 2 is 1.50 bits per heavy atom. The lowest BCUT2D eigenvalue weighted by atomic mass is 10.2. The fourth-order valence-electron chi connectivity index (χ4n) is 2.40. The SMILES string of the molecule is O=C(CCl)c1csc(N(Cc2ccccc2)Cc2ccccc2)n1. The maximum atomic E-state index is 11.8. The third-order valence-electron chi connectivity index (χ3n) is 3.60. The standard InChI is InChI=1S/C19H17ClN2OS/c20-11-18(23)17-14-24-19(21-17)22(12-15-7-3-1-4-8-15)13-16-9-5-2-6-10-16/h1-10,14H,11-13H2. The largest absolute Gasteiger partial charge is 0.339 e. The highest BCUT2D eigenvalue weighted by molar-refractivity contribution is 7.13. The van der Waals surface area contributed by atoms with Crippen molar-refractivity contribution in [2.24, 2.45) is 0 Å². The summed E-state index contributed by atoms with van der Waals surface area (Å²) in [5.41, 5.74) is 2.85. The summed E-state index contributed by atoms with van der Waals surface area (Å²) in [4.78, 5) is 18.4. The van der Waals surface area contributed by atoms with Crippen molar-refractivity contribution in [3.8, 4) is 0 Å². The van der Waals surface area contributed by atoms with Crippen molar-refractivity contribution in [2.75, 3.05) is 10.8 Å². The molecule has 1 aromatic heterocycles. The molecule has 0 radical (unpaired) electrons. The normalized spacial score (nSPS) is 10.5. The predicted molar refractivity (Wildman–Crippen MR) is 99.9 cm³/mol. The van der Waals surface area contributed by atoms with Gasteiger partial charge in [-0.25, -0.2) is 4.98 Å². The number of anilines is 1. The van der Waals surface area contributed by atoms with E-state index >= 15 is 0 Å². The second-order valence-electron chi connectivity index (χ2n) is 5.40. The molecule has 0 spiro atoms. The highest BCUT2D eigenvalue weighted by atomic mass is 35.5. The molecule has 5 heteroatoms. The monoisotopic (exact) mass is 356 g/mol. The van der Waals surface area contributed by atoms with E-state index in [2.05, 4.69) is 34.1 Å². The number of ketones is 1. The molecule has 0 atom stereocenters. The average Bonchev–Trinajstić information content (AvgIpc) is 3.12. The zero-order valence-corrected chi connectivity index (χ0v) is 14.6. The predicted octanol–water partition coefficient (Wildman–Crippen LogP) is 4.77. The molecule has 1 heterocycles. The number of carbonyl (C=O) groups excluding carboxylic acids is 1. The minimum atomic E-state index is -0.140. The number of hydrogen-bond acceptors (Lipinski definition) is 4. The highest BCUT2D eigenvalue weighted by Crippen LogP contribution is 2.25. The maximum absolute atomic E-state index is 11.8. The number of hydrogen-bond donors (Lipinski definition) is 0. The van der Waals surface area contributed by atoms with E-state index in [-0.39, 0.29) is 11.7 Å². The van der Waals surface area contributed by atoms with Gasteiger partial charge < -0.3 is 4.90 Å². The molecule has 0 bridgehead atoms. The first-order valence-corrected chi connectivity index (χ1v) is 9.05. The Kier molecular flexibility index (Phi) is 5.62. The van der Waals surface area contributed by atoms with E-state index in [9.17, 15) is 4.79 Å². The summed E-state index contributed by atoms with van der Waals surface area (Å²) in [7, 11) is 0. The Hall–Kier alpha value is -2.17. The van der Waals surface area contributed by atoms with Crippen molar-refractivity contribution in [2.45, 2.75) is 13.1 Å². The number of aromatic nitrogens is 1. The van der Waals surface area contributed by atoms with Gasteiger partial charge in [-0.05, 0) is 11.1 Å². The first-order valence-electron chi connectivity index (χ1n) is 7.64. The molecule has 122 valence electrons. The molecule has 0 N–H and O–H groups in total. The van der Waals surface area contributed by atoms with E-state index in [1.807, 2.05) is 36.4 Å². The van der Waals surface area contributed by atoms with Crippen LogP contribution in [-0.4, -0.2) is 16.6 Å². The third-order valence-corrected chi connectivity index (χ3v) is 4.75. The topological polar surface area (TPSA) is 33.2 Å². The zero-order chi connectivity index (χ0) is 16.8. The van der Waals surface area contributed by atoms with Crippen molar-refractivity contribution in [1.82, 2.24) is 4.98 Å². The smallest absolute Gasteiger partial charge is 0.196 e. The minimum Gasteiger partial charge on any atom is -0.339 e. The van der Waals surface area contributed by atoms with E-state index in [4.69, 9.17) is 11.6 Å². The van der Waals surface area contributed by atoms with Crippen molar-refractivity contribution in [3.63, 3.8) is 0 Å². The number of nitrogens with zero attached hydrogens (tertiary/aromatic N) is 2. The van der Waals surface area contributed by atoms with Gasteiger partial charge in [0.2, 0.25) is 0 Å². The van der Waals surface area contributed by atoms with Gasteiger partial charge in [0, 0.05) is 18.5 Å². The first-order chi connectivity index (χ1) is 11.8. The molecular formula is C19H17ClN2OS. The molecule has 0 aliphatic heterocycles. The molecule has 0 saturated heterocycles. The Labute approximate surface area is 150 Å². The molecule has 3 aromatic rings. The van der Waals surface area contributed by atoms with Crippen LogP contribution < -0.4 is 4.90 Å². The van der Waals surface area contributed by atoms with Crippen LogP contribution in [0.2, 0.25) is 0 Å². The van der Waals surface area contributed by atoms with E-state index in [1.54, 1.807) is 5.38 Å². The van der Waals surface area contributed by atoms with Crippen molar-refractivity contribution < 1.29 is 4.79 Å². The summed E-state index contributed by atoms with van der Waals surface area (Å²) in [5, 5.41) is 2.61. The van der Waals surface area contributed by atoms with Crippen LogP contribution in [0.15, 0.2) is 66.0 Å². The average molecular weight is 357 g/mol. The fourth-order valence-corrected chi connectivity index (χ4v) is 3.37. The second kappa shape index (κ2) is 8.08. The molecule has 3 rings (SSSR count). The van der Waals surface area contributed by atoms with E-state index in [1.165, 1.54) is 22.5 Å². The van der Waals surface area contributed by atoms with Gasteiger partial charge in [-0.1, -0.05) is 60.7 Å². The molecule has 3 nitrogen and oxygen atoms in total. The number of carbonyl (C=O) groups is 1. The Morgan fingerprint density at radius 3 is 2.00 bits per heavy atom. The van der Waals surface area contributed by atoms with E-state index in [0.29, 0.717) is 5.69 Å². The van der Waals surface area contributed by atoms with Gasteiger partial charge in [-0.15, -0.1) is 22.9 Å². The van der Waals surface area contributed by atoms with Gasteiger partial charge in [0.25, 0.3) is 0 Å². The molecular weight excluding hydrogens is 340 g/mol. The van der Waals surface area contributed by atoms with Crippen LogP contribution in [0.4, 0.5) is 5.13 Å². The number of halogens is 1. The summed E-state index contributed by atoms with van der Waals surface area (Å²) in [6.07, 6.45) is 0. The Morgan fingerprint density at radius 1 is 0.958 bits per heavy atom. The van der Waals surface area contributed by atoms with Gasteiger partial charge in [0.15, 0.2) is 10.9 Å². The highest BCUT2D eigenvalue weighted by Gasteiger charge is 2.15. The maximum Gasteiger partial charge on any atom is 0.196 e. The van der Waals surface area contributed by atoms with Crippen molar-refractivity contribution in [3.05, 3.63) is 82.9 Å². The van der Waals surface area contributed by atoms with Crippen LogP contribution in [0.5, 0.6) is 0 Å². The van der Waals surface area contributed by atoms with E-state index in [0.717, 1.165) is 18.2 Å². The van der Waals surface area contributed by atoms with Crippen LogP contribution in [0.25, 0.3) is 0 Å². The summed E-state index contributed by atoms with van der Waals surface area (Å²) in [5.74, 6) is -0.181. The van der Waals surface area contributed by atoms with Gasteiger partial charge in [0.1, 0.15) is 5.69 Å². The summed E-state index contributed by atoms with van der Waals surface area (Å²) in [6, 6.07) is 20.5. The van der Waals surface area contributed by atoms with Gasteiger partial charge >= 0.3 is 0 Å². The molecule has 0 unspecified atom stereocenters. The molecule has 2 aromatic carbocycles. The van der Waals surface area contributed by atoms with Crippen LogP contribution in [0.3, 0.4) is 0 Å². The van der Waals surface area contributed by atoms with Crippen LogP contribution in [-0.2, 0) is 13.1 Å². The third kappa shape index (κ3) is 4.22. The van der Waals surface area contributed by atoms with Crippen LogP contribution >= 0.6 is 22.9 Å². The molecule has 0 fully saturated rings. The lowest BCUT2D eigenvalue weighted by Gasteiger charge is -2.22. The zero-order valence-electron chi connectivity index (χ0n) is 13.1. The van der Waals surface area contributed by atoms with Gasteiger partial charge in [0.05, 0.1) is 5.88 Å². The molecule has 0 aliphatic carbocycles. The number of Topliss-reactive ketones (excluding diaryl/α,β-unsaturated/α-hetero) is 1. The Bertz CT molecular complexity index is 748. The molecule has 24 heavy (non-hydrogen) atoms. The molecule has 0 aliphatic rings. The number of rotatable bonds is 7. The van der Waals surface area contributed by atoms with Crippen LogP contribution in [0.1, 0.15) is 21.6 Å². The number of thiazole rings is 1. The lowest BCUT2D eigenvalue weighted by molar-refractivity contribution is 0.101. The fraction of sp³-hybridized carbons (Fsp3) is 0.158. The number of alkyl halides is 1. The second-order valence-corrected chi connectivity index (χ2v) is 6.50. The molecule has 0 saturated carbocycles. The van der Waals surface area contributed by atoms with Gasteiger partial charge in [-0.2, -0.15) is 0 Å². The summed E-state index contributed by atoms with van der Waals surface area (Å²) >= 11 is 7.11. The quantitative estimate of drug-likeness (QED) is 0.451. The number of benzene rings is 2. The Balaban J connectivity index is 1.86. The first kappa shape index (κ1) is 16.7. The van der Waals surface area contributed by atoms with Crippen molar-refractivity contribution >= 4 is 33.9 Å². The van der Waals surface area contributed by atoms with Crippen molar-refractivity contribution in [1.29, 1.82) is 0 Å². The van der Waals surface area contributed by atoms with E-state index < -0.39 is 0 Å². The summed E-state index contributed by atoms with van der Waals surface area (Å²) < 4.78 is 0.